The minimum Gasteiger partial charge on any atom is -0.494 e. The second-order valence-corrected chi connectivity index (χ2v) is 5.64. The minimum atomic E-state index is 0.754. The first kappa shape index (κ1) is 12.5. The molecule has 2 aromatic rings. The van der Waals surface area contributed by atoms with Gasteiger partial charge in [0.2, 0.25) is 0 Å². The summed E-state index contributed by atoms with van der Waals surface area (Å²) in [6.45, 7) is 7.09. The molecule has 0 heterocycles. The standard InChI is InChI=1S/C17H15BrO/c1-3-8-19-13-5-7-15-14-6-4-12(18)9-16(14)11(2)17(15)10-13/h4-7,9-10H,2-3,8H2,1H3. The molecule has 0 atom stereocenters. The number of halogens is 1. The Morgan fingerprint density at radius 3 is 2.42 bits per heavy atom. The van der Waals surface area contributed by atoms with Gasteiger partial charge in [-0.25, -0.2) is 0 Å². The fraction of sp³-hybridized carbons (Fsp3) is 0.176. The van der Waals surface area contributed by atoms with Crippen molar-refractivity contribution in [3.63, 3.8) is 0 Å². The van der Waals surface area contributed by atoms with Gasteiger partial charge in [0, 0.05) is 4.47 Å². The molecule has 0 spiro atoms. The van der Waals surface area contributed by atoms with E-state index in [0.29, 0.717) is 0 Å². The van der Waals surface area contributed by atoms with E-state index in [1.807, 2.05) is 6.07 Å². The van der Waals surface area contributed by atoms with Crippen LogP contribution in [0.1, 0.15) is 24.5 Å². The Hall–Kier alpha value is -1.54. The first-order chi connectivity index (χ1) is 9.20. The predicted octanol–water partition coefficient (Wildman–Crippen LogP) is 5.28. The normalized spacial score (nSPS) is 12.2. The van der Waals surface area contributed by atoms with Crippen LogP contribution in [0.3, 0.4) is 0 Å². The maximum Gasteiger partial charge on any atom is 0.119 e. The van der Waals surface area contributed by atoms with Crippen molar-refractivity contribution in [2.24, 2.45) is 0 Å². The molecule has 0 bridgehead atoms. The van der Waals surface area contributed by atoms with Gasteiger partial charge in [-0.1, -0.05) is 41.6 Å². The average molecular weight is 315 g/mol. The maximum atomic E-state index is 5.70. The SMILES string of the molecule is C=C1c2cc(Br)ccc2-c2ccc(OCCC)cc21. The molecule has 3 rings (SSSR count). The van der Waals surface area contributed by atoms with Gasteiger partial charge in [0.25, 0.3) is 0 Å². The van der Waals surface area contributed by atoms with Crippen LogP contribution in [-0.2, 0) is 0 Å². The largest absolute Gasteiger partial charge is 0.494 e. The molecular weight excluding hydrogens is 300 g/mol. The summed E-state index contributed by atoms with van der Waals surface area (Å²) in [7, 11) is 0. The summed E-state index contributed by atoms with van der Waals surface area (Å²) in [5.74, 6) is 0.925. The van der Waals surface area contributed by atoms with Crippen molar-refractivity contribution in [3.8, 4) is 16.9 Å². The highest BCUT2D eigenvalue weighted by Crippen LogP contribution is 2.45. The molecule has 2 heteroatoms. The van der Waals surface area contributed by atoms with Crippen molar-refractivity contribution in [2.45, 2.75) is 13.3 Å². The maximum absolute atomic E-state index is 5.70. The van der Waals surface area contributed by atoms with Gasteiger partial charge in [-0.3, -0.25) is 0 Å². The Labute approximate surface area is 122 Å². The first-order valence-corrected chi connectivity index (χ1v) is 7.26. The molecule has 96 valence electrons. The molecule has 0 N–H and O–H groups in total. The third-order valence-corrected chi connectivity index (χ3v) is 3.88. The van der Waals surface area contributed by atoms with E-state index in [-0.39, 0.29) is 0 Å². The summed E-state index contributed by atoms with van der Waals surface area (Å²) in [6.07, 6.45) is 1.02. The lowest BCUT2D eigenvalue weighted by Crippen LogP contribution is -1.95. The van der Waals surface area contributed by atoms with Gasteiger partial charge in [-0.05, 0) is 58.5 Å². The lowest BCUT2D eigenvalue weighted by atomic mass is 10.1. The molecule has 19 heavy (non-hydrogen) atoms. The van der Waals surface area contributed by atoms with Gasteiger partial charge in [-0.15, -0.1) is 0 Å². The Kier molecular flexibility index (Phi) is 3.19. The van der Waals surface area contributed by atoms with Gasteiger partial charge in [0.1, 0.15) is 5.75 Å². The number of ether oxygens (including phenoxy) is 1. The number of rotatable bonds is 3. The minimum absolute atomic E-state index is 0.754. The van der Waals surface area contributed by atoms with Crippen molar-refractivity contribution in [1.29, 1.82) is 0 Å². The summed E-state index contributed by atoms with van der Waals surface area (Å²) in [5, 5.41) is 0. The van der Waals surface area contributed by atoms with Gasteiger partial charge in [0.05, 0.1) is 6.61 Å². The number of hydrogen-bond acceptors (Lipinski definition) is 1. The lowest BCUT2D eigenvalue weighted by molar-refractivity contribution is 0.317. The van der Waals surface area contributed by atoms with Crippen LogP contribution in [0.15, 0.2) is 47.4 Å². The number of benzene rings is 2. The van der Waals surface area contributed by atoms with Crippen LogP contribution < -0.4 is 4.74 Å². The first-order valence-electron chi connectivity index (χ1n) is 6.47. The lowest BCUT2D eigenvalue weighted by Gasteiger charge is -2.07. The Morgan fingerprint density at radius 2 is 1.68 bits per heavy atom. The van der Waals surface area contributed by atoms with Crippen molar-refractivity contribution < 1.29 is 4.74 Å². The fourth-order valence-electron chi connectivity index (χ4n) is 2.46. The molecule has 0 saturated heterocycles. The summed E-state index contributed by atoms with van der Waals surface area (Å²) in [5.41, 5.74) is 5.97. The summed E-state index contributed by atoms with van der Waals surface area (Å²) >= 11 is 3.52. The highest BCUT2D eigenvalue weighted by atomic mass is 79.9. The zero-order valence-electron chi connectivity index (χ0n) is 10.9. The van der Waals surface area contributed by atoms with Crippen LogP contribution in [0.25, 0.3) is 16.7 Å². The van der Waals surface area contributed by atoms with E-state index in [2.05, 4.69) is 59.8 Å². The highest BCUT2D eigenvalue weighted by Gasteiger charge is 2.22. The van der Waals surface area contributed by atoms with E-state index in [4.69, 9.17) is 4.74 Å². The molecule has 0 saturated carbocycles. The van der Waals surface area contributed by atoms with Gasteiger partial charge < -0.3 is 4.74 Å². The van der Waals surface area contributed by atoms with Crippen molar-refractivity contribution in [1.82, 2.24) is 0 Å². The molecular formula is C17H15BrO. The third-order valence-electron chi connectivity index (χ3n) is 3.39. The highest BCUT2D eigenvalue weighted by molar-refractivity contribution is 9.10. The van der Waals surface area contributed by atoms with Crippen molar-refractivity contribution >= 4 is 21.5 Å². The predicted molar refractivity (Wildman–Crippen MR) is 83.5 cm³/mol. The van der Waals surface area contributed by atoms with Gasteiger partial charge >= 0.3 is 0 Å². The van der Waals surface area contributed by atoms with Crippen LogP contribution in [0.5, 0.6) is 5.75 Å². The van der Waals surface area contributed by atoms with Gasteiger partial charge in [-0.2, -0.15) is 0 Å². The monoisotopic (exact) mass is 314 g/mol. The van der Waals surface area contributed by atoms with E-state index < -0.39 is 0 Å². The molecule has 2 aromatic carbocycles. The summed E-state index contributed by atoms with van der Waals surface area (Å²) in [6, 6.07) is 12.6. The molecule has 0 amide bonds. The molecule has 0 aliphatic heterocycles. The number of fused-ring (bicyclic) bond motifs is 3. The molecule has 0 aromatic heterocycles. The second-order valence-electron chi connectivity index (χ2n) is 4.72. The Morgan fingerprint density at radius 1 is 1.00 bits per heavy atom. The molecule has 0 fully saturated rings. The van der Waals surface area contributed by atoms with E-state index in [1.165, 1.54) is 22.3 Å². The van der Waals surface area contributed by atoms with Gasteiger partial charge in [0.15, 0.2) is 0 Å². The smallest absolute Gasteiger partial charge is 0.119 e. The van der Waals surface area contributed by atoms with Crippen LogP contribution in [0.2, 0.25) is 0 Å². The quantitative estimate of drug-likeness (QED) is 0.639. The van der Waals surface area contributed by atoms with Crippen LogP contribution >= 0.6 is 15.9 Å². The fourth-order valence-corrected chi connectivity index (χ4v) is 2.82. The second kappa shape index (κ2) is 4.86. The van der Waals surface area contributed by atoms with E-state index in [1.54, 1.807) is 0 Å². The van der Waals surface area contributed by atoms with Crippen molar-refractivity contribution in [2.75, 3.05) is 6.61 Å². The molecule has 0 unspecified atom stereocenters. The zero-order valence-corrected chi connectivity index (χ0v) is 12.5. The molecule has 1 aliphatic rings. The van der Waals surface area contributed by atoms with Crippen LogP contribution in [0.4, 0.5) is 0 Å². The average Bonchev–Trinajstić information content (AvgIpc) is 2.69. The summed E-state index contributed by atoms with van der Waals surface area (Å²) < 4.78 is 6.79. The number of hydrogen-bond donors (Lipinski definition) is 0. The molecule has 1 aliphatic carbocycles. The van der Waals surface area contributed by atoms with Crippen molar-refractivity contribution in [3.05, 3.63) is 58.6 Å². The zero-order chi connectivity index (χ0) is 13.4. The van der Waals surface area contributed by atoms with E-state index >= 15 is 0 Å². The van der Waals surface area contributed by atoms with Crippen LogP contribution in [0, 0.1) is 0 Å². The van der Waals surface area contributed by atoms with Crippen LogP contribution in [-0.4, -0.2) is 6.61 Å². The Bertz CT molecular complexity index is 658. The molecule has 1 nitrogen and oxygen atoms in total. The third kappa shape index (κ3) is 2.10. The Balaban J connectivity index is 2.06. The molecule has 0 radical (unpaired) electrons. The van der Waals surface area contributed by atoms with E-state index in [9.17, 15) is 0 Å². The summed E-state index contributed by atoms with van der Waals surface area (Å²) in [4.78, 5) is 0. The topological polar surface area (TPSA) is 9.23 Å². The van der Waals surface area contributed by atoms with E-state index in [0.717, 1.165) is 28.8 Å².